The lowest BCUT2D eigenvalue weighted by Gasteiger charge is -2.25. The first-order chi connectivity index (χ1) is 6.71. The number of rotatable bonds is 0. The zero-order chi connectivity index (χ0) is 10.3. The van der Waals surface area contributed by atoms with Crippen molar-refractivity contribution in [2.75, 3.05) is 0 Å². The molecule has 0 unspecified atom stereocenters. The van der Waals surface area contributed by atoms with E-state index in [-0.39, 0.29) is 0 Å². The zero-order valence-electron chi connectivity index (χ0n) is 10.3. The maximum absolute atomic E-state index is 2.46. The molecule has 0 aromatic carbocycles. The normalized spacial score (nSPS) is 26.1. The van der Waals surface area contributed by atoms with E-state index >= 15 is 0 Å². The van der Waals surface area contributed by atoms with Crippen molar-refractivity contribution in [3.8, 4) is 0 Å². The van der Waals surface area contributed by atoms with Gasteiger partial charge in [-0.2, -0.15) is 0 Å². The molecule has 0 atom stereocenters. The van der Waals surface area contributed by atoms with E-state index in [1.54, 1.807) is 0 Å². The number of hydrogen-bond donors (Lipinski definition) is 0. The summed E-state index contributed by atoms with van der Waals surface area (Å²) >= 11 is 0. The molecule has 0 heterocycles. The minimum Gasteiger partial charge on any atom is -0.0599 e. The Balaban J connectivity index is 2.24. The summed E-state index contributed by atoms with van der Waals surface area (Å²) in [5.41, 5.74) is 0.624. The van der Waals surface area contributed by atoms with Gasteiger partial charge in [0, 0.05) is 0 Å². The summed E-state index contributed by atoms with van der Waals surface area (Å²) in [5, 5.41) is 0. The summed E-state index contributed by atoms with van der Waals surface area (Å²) in [4.78, 5) is 0. The SMILES string of the molecule is CC1(C)CCCCCCCCCCC1. The van der Waals surface area contributed by atoms with Gasteiger partial charge in [0.2, 0.25) is 0 Å². The lowest BCUT2D eigenvalue weighted by Crippen LogP contribution is -2.11. The Hall–Kier alpha value is 0. The van der Waals surface area contributed by atoms with E-state index in [1.807, 2.05) is 0 Å². The molecule has 0 aromatic heterocycles. The van der Waals surface area contributed by atoms with Gasteiger partial charge in [-0.25, -0.2) is 0 Å². The van der Waals surface area contributed by atoms with Crippen molar-refractivity contribution >= 4 is 0 Å². The van der Waals surface area contributed by atoms with E-state index in [0.717, 1.165) is 0 Å². The summed E-state index contributed by atoms with van der Waals surface area (Å²) in [6.07, 6.45) is 16.2. The van der Waals surface area contributed by atoms with Crippen LogP contribution < -0.4 is 0 Å². The van der Waals surface area contributed by atoms with Gasteiger partial charge in [-0.15, -0.1) is 0 Å². The molecule has 1 fully saturated rings. The largest absolute Gasteiger partial charge is 0.0599 e. The first kappa shape index (κ1) is 12.1. The van der Waals surface area contributed by atoms with Gasteiger partial charge in [-0.05, 0) is 18.3 Å². The van der Waals surface area contributed by atoms with Gasteiger partial charge in [-0.3, -0.25) is 0 Å². The summed E-state index contributed by atoms with van der Waals surface area (Å²) < 4.78 is 0. The fraction of sp³-hybridized carbons (Fsp3) is 1.00. The van der Waals surface area contributed by atoms with Crippen LogP contribution in [0.1, 0.15) is 84.5 Å². The number of hydrogen-bond acceptors (Lipinski definition) is 0. The smallest absolute Gasteiger partial charge is 0.0354 e. The van der Waals surface area contributed by atoms with Crippen LogP contribution in [0.25, 0.3) is 0 Å². The molecule has 0 bridgehead atoms. The first-order valence-electron chi connectivity index (χ1n) is 6.71. The van der Waals surface area contributed by atoms with Crippen LogP contribution in [-0.4, -0.2) is 0 Å². The molecule has 1 rings (SSSR count). The fourth-order valence-electron chi connectivity index (χ4n) is 2.57. The van der Waals surface area contributed by atoms with Gasteiger partial charge in [0.15, 0.2) is 0 Å². The monoisotopic (exact) mass is 196 g/mol. The van der Waals surface area contributed by atoms with Crippen molar-refractivity contribution in [1.82, 2.24) is 0 Å². The van der Waals surface area contributed by atoms with Crippen molar-refractivity contribution in [3.05, 3.63) is 0 Å². The Kier molecular flexibility index (Phi) is 5.59. The Labute approximate surface area is 90.5 Å². The summed E-state index contributed by atoms with van der Waals surface area (Å²) in [6, 6.07) is 0. The highest BCUT2D eigenvalue weighted by atomic mass is 14.2. The van der Waals surface area contributed by atoms with Crippen LogP contribution in [0.5, 0.6) is 0 Å². The third-order valence-corrected chi connectivity index (χ3v) is 3.71. The zero-order valence-corrected chi connectivity index (χ0v) is 10.3. The van der Waals surface area contributed by atoms with Crippen LogP contribution in [0.2, 0.25) is 0 Å². The van der Waals surface area contributed by atoms with Crippen molar-refractivity contribution in [2.24, 2.45) is 5.41 Å². The van der Waals surface area contributed by atoms with E-state index in [9.17, 15) is 0 Å². The second-order valence-corrected chi connectivity index (χ2v) is 5.85. The summed E-state index contributed by atoms with van der Waals surface area (Å²) in [5.74, 6) is 0. The summed E-state index contributed by atoms with van der Waals surface area (Å²) in [6.45, 7) is 4.91. The van der Waals surface area contributed by atoms with Crippen molar-refractivity contribution < 1.29 is 0 Å². The van der Waals surface area contributed by atoms with Crippen LogP contribution in [0.4, 0.5) is 0 Å². The van der Waals surface area contributed by atoms with Gasteiger partial charge in [0.1, 0.15) is 0 Å². The van der Waals surface area contributed by atoms with Crippen molar-refractivity contribution in [1.29, 1.82) is 0 Å². The molecule has 1 aliphatic rings. The molecule has 14 heavy (non-hydrogen) atoms. The lowest BCUT2D eigenvalue weighted by atomic mass is 9.81. The van der Waals surface area contributed by atoms with E-state index in [1.165, 1.54) is 70.6 Å². The first-order valence-corrected chi connectivity index (χ1v) is 6.71. The fourth-order valence-corrected chi connectivity index (χ4v) is 2.57. The predicted octanol–water partition coefficient (Wildman–Crippen LogP) is 5.32. The molecule has 0 nitrogen and oxygen atoms in total. The van der Waals surface area contributed by atoms with Crippen LogP contribution in [0, 0.1) is 5.41 Å². The molecular formula is C14H28. The van der Waals surface area contributed by atoms with E-state index < -0.39 is 0 Å². The van der Waals surface area contributed by atoms with Gasteiger partial charge in [0.25, 0.3) is 0 Å². The van der Waals surface area contributed by atoms with Crippen LogP contribution >= 0.6 is 0 Å². The minimum atomic E-state index is 0.624. The molecule has 0 radical (unpaired) electrons. The highest BCUT2D eigenvalue weighted by Gasteiger charge is 2.16. The summed E-state index contributed by atoms with van der Waals surface area (Å²) in [7, 11) is 0. The van der Waals surface area contributed by atoms with E-state index in [2.05, 4.69) is 13.8 Å². The third-order valence-electron chi connectivity index (χ3n) is 3.71. The molecule has 0 amide bonds. The molecule has 0 saturated heterocycles. The maximum Gasteiger partial charge on any atom is -0.0354 e. The minimum absolute atomic E-state index is 0.624. The van der Waals surface area contributed by atoms with Gasteiger partial charge in [0.05, 0.1) is 0 Å². The second kappa shape index (κ2) is 6.48. The Morgan fingerprint density at radius 1 is 0.500 bits per heavy atom. The van der Waals surface area contributed by atoms with Crippen LogP contribution in [-0.2, 0) is 0 Å². The highest BCUT2D eigenvalue weighted by Crippen LogP contribution is 2.31. The molecular weight excluding hydrogens is 168 g/mol. The van der Waals surface area contributed by atoms with Crippen molar-refractivity contribution in [2.45, 2.75) is 84.5 Å². The molecule has 1 aliphatic carbocycles. The van der Waals surface area contributed by atoms with Gasteiger partial charge >= 0.3 is 0 Å². The second-order valence-electron chi connectivity index (χ2n) is 5.85. The Morgan fingerprint density at radius 3 is 1.14 bits per heavy atom. The molecule has 0 heteroatoms. The van der Waals surface area contributed by atoms with E-state index in [0.29, 0.717) is 5.41 Å². The van der Waals surface area contributed by atoms with E-state index in [4.69, 9.17) is 0 Å². The Bertz CT molecular complexity index is 121. The average Bonchev–Trinajstić information content (AvgIpc) is 2.11. The molecule has 0 spiro atoms. The van der Waals surface area contributed by atoms with Crippen molar-refractivity contribution in [3.63, 3.8) is 0 Å². The average molecular weight is 196 g/mol. The molecule has 0 aromatic rings. The standard InChI is InChI=1S/C14H28/c1-14(2)12-10-8-6-4-3-5-7-9-11-13-14/h3-13H2,1-2H3. The quantitative estimate of drug-likeness (QED) is 0.492. The maximum atomic E-state index is 2.46. The topological polar surface area (TPSA) is 0 Å². The van der Waals surface area contributed by atoms with Crippen LogP contribution in [0.15, 0.2) is 0 Å². The van der Waals surface area contributed by atoms with Gasteiger partial charge < -0.3 is 0 Å². The molecule has 84 valence electrons. The molecule has 0 aliphatic heterocycles. The van der Waals surface area contributed by atoms with Crippen LogP contribution in [0.3, 0.4) is 0 Å². The molecule has 0 N–H and O–H groups in total. The molecule has 1 saturated carbocycles. The Morgan fingerprint density at radius 2 is 0.786 bits per heavy atom. The third kappa shape index (κ3) is 5.67. The predicted molar refractivity (Wildman–Crippen MR) is 64.6 cm³/mol. The lowest BCUT2D eigenvalue weighted by molar-refractivity contribution is 0.279. The highest BCUT2D eigenvalue weighted by molar-refractivity contribution is 4.69. The van der Waals surface area contributed by atoms with Gasteiger partial charge in [-0.1, -0.05) is 71.6 Å².